The van der Waals surface area contributed by atoms with Crippen molar-refractivity contribution in [1.29, 1.82) is 0 Å². The first-order valence-electron chi connectivity index (χ1n) is 10.9. The largest absolute Gasteiger partial charge is 0.497 e. The zero-order chi connectivity index (χ0) is 22.3. The lowest BCUT2D eigenvalue weighted by Gasteiger charge is -2.17. The van der Waals surface area contributed by atoms with Crippen LogP contribution in [-0.4, -0.2) is 51.0 Å². The van der Waals surface area contributed by atoms with Crippen molar-refractivity contribution in [3.8, 4) is 11.4 Å². The SMILES string of the molecule is COc1ccc(CNC(=O)[C@@H](C)Sc2nnc(CN3CCCC3)n2-c2ccccc2)cc1. The second kappa shape index (κ2) is 10.7. The quantitative estimate of drug-likeness (QED) is 0.501. The average molecular weight is 452 g/mol. The Hall–Kier alpha value is -2.84. The van der Waals surface area contributed by atoms with E-state index in [4.69, 9.17) is 4.74 Å². The minimum atomic E-state index is -0.306. The van der Waals surface area contributed by atoms with Crippen molar-refractivity contribution in [2.24, 2.45) is 0 Å². The Labute approximate surface area is 193 Å². The van der Waals surface area contributed by atoms with Crippen LogP contribution >= 0.6 is 11.8 Å². The molecule has 1 atom stereocenters. The first kappa shape index (κ1) is 22.4. The number of para-hydroxylation sites is 1. The molecule has 8 heteroatoms. The Morgan fingerprint density at radius 1 is 1.09 bits per heavy atom. The van der Waals surface area contributed by atoms with Crippen LogP contribution in [0.1, 0.15) is 31.2 Å². The molecule has 1 aromatic heterocycles. The number of carbonyl (C=O) groups is 1. The van der Waals surface area contributed by atoms with Gasteiger partial charge in [-0.15, -0.1) is 10.2 Å². The fraction of sp³-hybridized carbons (Fsp3) is 0.375. The number of hydrogen-bond acceptors (Lipinski definition) is 6. The van der Waals surface area contributed by atoms with E-state index in [1.165, 1.54) is 24.6 Å². The van der Waals surface area contributed by atoms with Gasteiger partial charge in [0.25, 0.3) is 0 Å². The first-order valence-corrected chi connectivity index (χ1v) is 11.8. The van der Waals surface area contributed by atoms with E-state index in [0.717, 1.165) is 47.6 Å². The molecule has 1 aliphatic rings. The second-order valence-electron chi connectivity index (χ2n) is 7.88. The smallest absolute Gasteiger partial charge is 0.233 e. The number of hydrogen-bond donors (Lipinski definition) is 1. The summed E-state index contributed by atoms with van der Waals surface area (Å²) in [5.41, 5.74) is 2.04. The molecule has 1 fully saturated rings. The lowest BCUT2D eigenvalue weighted by Crippen LogP contribution is -2.30. The van der Waals surface area contributed by atoms with E-state index in [9.17, 15) is 4.79 Å². The molecule has 1 saturated heterocycles. The van der Waals surface area contributed by atoms with E-state index in [2.05, 4.69) is 37.1 Å². The number of nitrogens with zero attached hydrogens (tertiary/aromatic N) is 4. The van der Waals surface area contributed by atoms with Crippen LogP contribution in [0.15, 0.2) is 59.8 Å². The molecule has 3 aromatic rings. The number of nitrogens with one attached hydrogen (secondary N) is 1. The van der Waals surface area contributed by atoms with Gasteiger partial charge in [0.05, 0.1) is 18.9 Å². The van der Waals surface area contributed by atoms with Gasteiger partial charge in [0, 0.05) is 12.2 Å². The van der Waals surface area contributed by atoms with E-state index in [-0.39, 0.29) is 11.2 Å². The lowest BCUT2D eigenvalue weighted by atomic mass is 10.2. The summed E-state index contributed by atoms with van der Waals surface area (Å²) in [4.78, 5) is 15.2. The zero-order valence-electron chi connectivity index (χ0n) is 18.5. The third kappa shape index (κ3) is 5.49. The number of amides is 1. The number of methoxy groups -OCH3 is 1. The molecule has 4 rings (SSSR count). The molecule has 168 valence electrons. The Morgan fingerprint density at radius 3 is 2.50 bits per heavy atom. The number of benzene rings is 2. The Bertz CT molecular complexity index is 1020. The van der Waals surface area contributed by atoms with Gasteiger partial charge in [-0.1, -0.05) is 42.1 Å². The molecule has 1 aliphatic heterocycles. The van der Waals surface area contributed by atoms with Gasteiger partial charge in [-0.3, -0.25) is 14.3 Å². The predicted octanol–water partition coefficient (Wildman–Crippen LogP) is 3.67. The average Bonchev–Trinajstić information content (AvgIpc) is 3.48. The van der Waals surface area contributed by atoms with Crippen molar-refractivity contribution in [2.75, 3.05) is 20.2 Å². The fourth-order valence-electron chi connectivity index (χ4n) is 3.74. The summed E-state index contributed by atoms with van der Waals surface area (Å²) in [6, 6.07) is 17.8. The van der Waals surface area contributed by atoms with Crippen molar-refractivity contribution in [2.45, 2.75) is 43.3 Å². The summed E-state index contributed by atoms with van der Waals surface area (Å²) in [5.74, 6) is 1.68. The van der Waals surface area contributed by atoms with E-state index < -0.39 is 0 Å². The van der Waals surface area contributed by atoms with E-state index >= 15 is 0 Å². The summed E-state index contributed by atoms with van der Waals surface area (Å²) in [6.07, 6.45) is 2.46. The molecule has 7 nitrogen and oxygen atoms in total. The molecule has 1 N–H and O–H groups in total. The second-order valence-corrected chi connectivity index (χ2v) is 9.19. The summed E-state index contributed by atoms with van der Waals surface area (Å²) in [6.45, 7) is 5.32. The molecule has 0 aliphatic carbocycles. The normalized spacial score (nSPS) is 14.9. The Morgan fingerprint density at radius 2 is 1.81 bits per heavy atom. The van der Waals surface area contributed by atoms with Crippen molar-refractivity contribution in [3.05, 3.63) is 66.0 Å². The number of ether oxygens (including phenoxy) is 1. The fourth-order valence-corrected chi connectivity index (χ4v) is 4.65. The molecule has 2 aromatic carbocycles. The van der Waals surface area contributed by atoms with Crippen LogP contribution in [0.4, 0.5) is 0 Å². The topological polar surface area (TPSA) is 72.3 Å². The third-order valence-electron chi connectivity index (χ3n) is 5.56. The summed E-state index contributed by atoms with van der Waals surface area (Å²) in [7, 11) is 1.64. The van der Waals surface area contributed by atoms with Crippen molar-refractivity contribution in [3.63, 3.8) is 0 Å². The lowest BCUT2D eigenvalue weighted by molar-refractivity contribution is -0.120. The van der Waals surface area contributed by atoms with Gasteiger partial charge in [-0.2, -0.15) is 0 Å². The van der Waals surface area contributed by atoms with Crippen LogP contribution in [0.2, 0.25) is 0 Å². The standard InChI is InChI=1S/C24H29N5O2S/c1-18(23(30)25-16-19-10-12-21(31-2)13-11-19)32-24-27-26-22(17-28-14-6-7-15-28)29(24)20-8-4-3-5-9-20/h3-5,8-13,18H,6-7,14-17H2,1-2H3,(H,25,30)/t18-/m1/s1. The Kier molecular flexibility index (Phi) is 7.44. The minimum absolute atomic E-state index is 0.0328. The molecular weight excluding hydrogens is 422 g/mol. The number of thioether (sulfide) groups is 1. The Balaban J connectivity index is 1.44. The van der Waals surface area contributed by atoms with Crippen molar-refractivity contribution >= 4 is 17.7 Å². The molecule has 32 heavy (non-hydrogen) atoms. The molecule has 2 heterocycles. The molecule has 0 bridgehead atoms. The number of likely N-dealkylation sites (tertiary alicyclic amines) is 1. The number of rotatable bonds is 9. The van der Waals surface area contributed by atoms with Gasteiger partial charge < -0.3 is 10.1 Å². The molecule has 0 spiro atoms. The van der Waals surface area contributed by atoms with E-state index in [1.54, 1.807) is 7.11 Å². The summed E-state index contributed by atoms with van der Waals surface area (Å²) >= 11 is 1.43. The monoisotopic (exact) mass is 451 g/mol. The van der Waals surface area contributed by atoms with Gasteiger partial charge in [0.1, 0.15) is 5.75 Å². The van der Waals surface area contributed by atoms with Crippen LogP contribution in [0, 0.1) is 0 Å². The van der Waals surface area contributed by atoms with E-state index in [1.807, 2.05) is 49.4 Å². The van der Waals surface area contributed by atoms with Gasteiger partial charge in [0.15, 0.2) is 11.0 Å². The van der Waals surface area contributed by atoms with Gasteiger partial charge in [-0.05, 0) is 62.7 Å². The molecule has 0 unspecified atom stereocenters. The maximum absolute atomic E-state index is 12.8. The molecular formula is C24H29N5O2S. The summed E-state index contributed by atoms with van der Waals surface area (Å²) in [5, 5.41) is 12.4. The van der Waals surface area contributed by atoms with Gasteiger partial charge in [-0.25, -0.2) is 0 Å². The number of carbonyl (C=O) groups excluding carboxylic acids is 1. The van der Waals surface area contributed by atoms with Gasteiger partial charge in [0.2, 0.25) is 5.91 Å². The van der Waals surface area contributed by atoms with Crippen LogP contribution in [-0.2, 0) is 17.9 Å². The first-order chi connectivity index (χ1) is 15.6. The van der Waals surface area contributed by atoms with Crippen LogP contribution in [0.25, 0.3) is 5.69 Å². The molecule has 0 saturated carbocycles. The van der Waals surface area contributed by atoms with Crippen molar-refractivity contribution < 1.29 is 9.53 Å². The maximum Gasteiger partial charge on any atom is 0.233 e. The van der Waals surface area contributed by atoms with Crippen LogP contribution in [0.3, 0.4) is 0 Å². The highest BCUT2D eigenvalue weighted by atomic mass is 32.2. The third-order valence-corrected chi connectivity index (χ3v) is 6.60. The highest BCUT2D eigenvalue weighted by Gasteiger charge is 2.23. The minimum Gasteiger partial charge on any atom is -0.497 e. The summed E-state index contributed by atoms with van der Waals surface area (Å²) < 4.78 is 7.26. The highest BCUT2D eigenvalue weighted by molar-refractivity contribution is 8.00. The van der Waals surface area contributed by atoms with Crippen LogP contribution in [0.5, 0.6) is 5.75 Å². The van der Waals surface area contributed by atoms with Gasteiger partial charge >= 0.3 is 0 Å². The molecule has 1 amide bonds. The van der Waals surface area contributed by atoms with Crippen molar-refractivity contribution in [1.82, 2.24) is 25.0 Å². The predicted molar refractivity (Wildman–Crippen MR) is 126 cm³/mol. The van der Waals surface area contributed by atoms with E-state index in [0.29, 0.717) is 6.54 Å². The highest BCUT2D eigenvalue weighted by Crippen LogP contribution is 2.27. The molecule has 0 radical (unpaired) electrons. The zero-order valence-corrected chi connectivity index (χ0v) is 19.3. The van der Waals surface area contributed by atoms with Crippen LogP contribution < -0.4 is 10.1 Å². The maximum atomic E-state index is 12.8. The number of aromatic nitrogens is 3.